The molecule has 6 heteroatoms. The molecule has 1 aromatic carbocycles. The van der Waals surface area contributed by atoms with Gasteiger partial charge in [-0.05, 0) is 40.6 Å². The van der Waals surface area contributed by atoms with Crippen molar-refractivity contribution in [1.29, 1.82) is 0 Å². The zero-order valence-corrected chi connectivity index (χ0v) is 10.5. The third kappa shape index (κ3) is 3.38. The van der Waals surface area contributed by atoms with Crippen molar-refractivity contribution in [3.05, 3.63) is 52.0 Å². The van der Waals surface area contributed by atoms with Crippen LogP contribution in [0.5, 0.6) is 0 Å². The van der Waals surface area contributed by atoms with Gasteiger partial charge >= 0.3 is 5.97 Å². The van der Waals surface area contributed by atoms with E-state index >= 15 is 0 Å². The maximum Gasteiger partial charge on any atom is 0.335 e. The highest BCUT2D eigenvalue weighted by atomic mass is 32.1. The number of benzene rings is 1. The summed E-state index contributed by atoms with van der Waals surface area (Å²) in [6, 6.07) is 5.17. The van der Waals surface area contributed by atoms with Gasteiger partial charge in [-0.3, -0.25) is 4.79 Å². The van der Waals surface area contributed by atoms with Crippen molar-refractivity contribution >= 4 is 28.9 Å². The van der Waals surface area contributed by atoms with Crippen molar-refractivity contribution in [2.45, 2.75) is 6.42 Å². The standard InChI is InChI=1S/C13H10FNO3S/c14-10-6-9(13(17)18)1-2-11(10)15-12(16)5-8-3-4-19-7-8/h1-4,6-7H,5H2,(H,15,16)(H,17,18). The molecule has 0 atom stereocenters. The summed E-state index contributed by atoms with van der Waals surface area (Å²) in [5.41, 5.74) is 0.670. The highest BCUT2D eigenvalue weighted by Crippen LogP contribution is 2.16. The largest absolute Gasteiger partial charge is 0.478 e. The Morgan fingerprint density at radius 1 is 1.32 bits per heavy atom. The highest BCUT2D eigenvalue weighted by molar-refractivity contribution is 7.08. The molecule has 0 spiro atoms. The highest BCUT2D eigenvalue weighted by Gasteiger charge is 2.11. The van der Waals surface area contributed by atoms with E-state index in [-0.39, 0.29) is 23.6 Å². The van der Waals surface area contributed by atoms with Crippen LogP contribution in [0.2, 0.25) is 0 Å². The van der Waals surface area contributed by atoms with Crippen LogP contribution in [0.4, 0.5) is 10.1 Å². The number of hydrogen-bond acceptors (Lipinski definition) is 3. The van der Waals surface area contributed by atoms with E-state index in [1.54, 1.807) is 0 Å². The maximum atomic E-state index is 13.6. The van der Waals surface area contributed by atoms with E-state index in [2.05, 4.69) is 5.32 Å². The van der Waals surface area contributed by atoms with E-state index < -0.39 is 11.8 Å². The topological polar surface area (TPSA) is 66.4 Å². The lowest BCUT2D eigenvalue weighted by atomic mass is 10.2. The first kappa shape index (κ1) is 13.2. The lowest BCUT2D eigenvalue weighted by Crippen LogP contribution is -2.15. The lowest BCUT2D eigenvalue weighted by Gasteiger charge is -2.06. The van der Waals surface area contributed by atoms with Gasteiger partial charge in [-0.1, -0.05) is 0 Å². The average Bonchev–Trinajstić information content (AvgIpc) is 2.84. The van der Waals surface area contributed by atoms with Gasteiger partial charge in [0.1, 0.15) is 5.82 Å². The fraction of sp³-hybridized carbons (Fsp3) is 0.0769. The van der Waals surface area contributed by atoms with Crippen LogP contribution in [-0.2, 0) is 11.2 Å². The van der Waals surface area contributed by atoms with E-state index in [1.807, 2.05) is 16.8 Å². The molecule has 0 aliphatic rings. The predicted octanol–water partition coefficient (Wildman–Crippen LogP) is 2.77. The minimum absolute atomic E-state index is 0.0229. The number of carboxylic acids is 1. The van der Waals surface area contributed by atoms with Crippen molar-refractivity contribution in [3.63, 3.8) is 0 Å². The van der Waals surface area contributed by atoms with Crippen molar-refractivity contribution < 1.29 is 19.1 Å². The normalized spacial score (nSPS) is 10.2. The second kappa shape index (κ2) is 5.62. The molecule has 1 aromatic heterocycles. The van der Waals surface area contributed by atoms with Crippen LogP contribution >= 0.6 is 11.3 Å². The number of rotatable bonds is 4. The second-order valence-electron chi connectivity index (χ2n) is 3.86. The number of anilines is 1. The number of thiophene rings is 1. The number of carboxylic acid groups (broad SMARTS) is 1. The zero-order valence-electron chi connectivity index (χ0n) is 9.72. The molecule has 0 fully saturated rings. The smallest absolute Gasteiger partial charge is 0.335 e. The number of hydrogen-bond donors (Lipinski definition) is 2. The Hall–Kier alpha value is -2.21. The van der Waals surface area contributed by atoms with Crippen LogP contribution in [0.15, 0.2) is 35.0 Å². The number of halogens is 1. The molecule has 4 nitrogen and oxygen atoms in total. The van der Waals surface area contributed by atoms with Gasteiger partial charge in [-0.25, -0.2) is 9.18 Å². The number of carbonyl (C=O) groups excluding carboxylic acids is 1. The fourth-order valence-corrected chi connectivity index (χ4v) is 2.19. The van der Waals surface area contributed by atoms with Gasteiger partial charge in [0.25, 0.3) is 0 Å². The van der Waals surface area contributed by atoms with E-state index in [1.165, 1.54) is 23.5 Å². The third-order valence-electron chi connectivity index (χ3n) is 2.43. The number of carbonyl (C=O) groups is 2. The number of nitrogens with one attached hydrogen (secondary N) is 1. The lowest BCUT2D eigenvalue weighted by molar-refractivity contribution is -0.115. The summed E-state index contributed by atoms with van der Waals surface area (Å²) in [4.78, 5) is 22.3. The van der Waals surface area contributed by atoms with Crippen molar-refractivity contribution in [1.82, 2.24) is 0 Å². The summed E-state index contributed by atoms with van der Waals surface area (Å²) in [6.45, 7) is 0. The van der Waals surface area contributed by atoms with Crippen LogP contribution < -0.4 is 5.32 Å². The molecule has 2 rings (SSSR count). The molecule has 1 heterocycles. The third-order valence-corrected chi connectivity index (χ3v) is 3.17. The van der Waals surface area contributed by atoms with Crippen molar-refractivity contribution in [2.24, 2.45) is 0 Å². The quantitative estimate of drug-likeness (QED) is 0.904. The Bertz CT molecular complexity index is 610. The van der Waals surface area contributed by atoms with Gasteiger partial charge in [-0.15, -0.1) is 0 Å². The van der Waals surface area contributed by atoms with E-state index in [4.69, 9.17) is 5.11 Å². The average molecular weight is 279 g/mol. The van der Waals surface area contributed by atoms with Crippen molar-refractivity contribution in [2.75, 3.05) is 5.32 Å². The van der Waals surface area contributed by atoms with Gasteiger partial charge in [0, 0.05) is 0 Å². The second-order valence-corrected chi connectivity index (χ2v) is 4.64. The Labute approximate surface area is 112 Å². The van der Waals surface area contributed by atoms with Crippen molar-refractivity contribution in [3.8, 4) is 0 Å². The molecule has 2 aromatic rings. The molecule has 0 unspecified atom stereocenters. The summed E-state index contributed by atoms with van der Waals surface area (Å²) in [7, 11) is 0. The van der Waals surface area contributed by atoms with Crippen LogP contribution in [0.1, 0.15) is 15.9 Å². The molecule has 19 heavy (non-hydrogen) atoms. The minimum atomic E-state index is -1.21. The minimum Gasteiger partial charge on any atom is -0.478 e. The Kier molecular flexibility index (Phi) is 3.91. The number of amides is 1. The monoisotopic (exact) mass is 279 g/mol. The van der Waals surface area contributed by atoms with Gasteiger partial charge < -0.3 is 10.4 Å². The van der Waals surface area contributed by atoms with Gasteiger partial charge in [0.2, 0.25) is 5.91 Å². The molecule has 2 N–H and O–H groups in total. The first-order chi connectivity index (χ1) is 9.06. The van der Waals surface area contributed by atoms with Gasteiger partial charge in [-0.2, -0.15) is 11.3 Å². The van der Waals surface area contributed by atoms with Crippen LogP contribution in [0.3, 0.4) is 0 Å². The summed E-state index contributed by atoms with van der Waals surface area (Å²) in [5.74, 6) is -2.33. The number of aromatic carboxylic acids is 1. The van der Waals surface area contributed by atoms with Gasteiger partial charge in [0.15, 0.2) is 0 Å². The fourth-order valence-electron chi connectivity index (χ4n) is 1.52. The van der Waals surface area contributed by atoms with Gasteiger partial charge in [0.05, 0.1) is 17.7 Å². The predicted molar refractivity (Wildman–Crippen MR) is 70.0 cm³/mol. The van der Waals surface area contributed by atoms with Crippen LogP contribution in [0, 0.1) is 5.82 Å². The Balaban J connectivity index is 2.07. The summed E-state index contributed by atoms with van der Waals surface area (Å²) in [6.07, 6.45) is 0.156. The summed E-state index contributed by atoms with van der Waals surface area (Å²) >= 11 is 1.48. The SMILES string of the molecule is O=C(Cc1ccsc1)Nc1ccc(C(=O)O)cc1F. The summed E-state index contributed by atoms with van der Waals surface area (Å²) < 4.78 is 13.6. The van der Waals surface area contributed by atoms with E-state index in [0.717, 1.165) is 11.6 Å². The van der Waals surface area contributed by atoms with E-state index in [9.17, 15) is 14.0 Å². The molecule has 0 saturated heterocycles. The molecular formula is C13H10FNO3S. The molecule has 98 valence electrons. The van der Waals surface area contributed by atoms with E-state index in [0.29, 0.717) is 0 Å². The molecule has 0 aliphatic heterocycles. The molecule has 0 bridgehead atoms. The van der Waals surface area contributed by atoms with Crippen LogP contribution in [-0.4, -0.2) is 17.0 Å². The molecular weight excluding hydrogens is 269 g/mol. The molecule has 0 aliphatic carbocycles. The molecule has 1 amide bonds. The zero-order chi connectivity index (χ0) is 13.8. The first-order valence-electron chi connectivity index (χ1n) is 5.40. The van der Waals surface area contributed by atoms with Crippen LogP contribution in [0.25, 0.3) is 0 Å². The molecule has 0 saturated carbocycles. The summed E-state index contributed by atoms with van der Waals surface area (Å²) in [5, 5.41) is 14.8. The molecule has 0 radical (unpaired) electrons. The Morgan fingerprint density at radius 2 is 2.11 bits per heavy atom. The maximum absolute atomic E-state index is 13.6. The Morgan fingerprint density at radius 3 is 2.68 bits per heavy atom. The first-order valence-corrected chi connectivity index (χ1v) is 6.34.